The van der Waals surface area contributed by atoms with Crippen molar-refractivity contribution in [3.63, 3.8) is 0 Å². The van der Waals surface area contributed by atoms with Crippen LogP contribution in [0.4, 0.5) is 0 Å². The molecule has 0 unspecified atom stereocenters. The topological polar surface area (TPSA) is 93.5 Å². The van der Waals surface area contributed by atoms with Gasteiger partial charge in [-0.15, -0.1) is 0 Å². The van der Waals surface area contributed by atoms with E-state index < -0.39 is 0 Å². The number of carbonyl (C=O) groups excluding carboxylic acids is 1. The third kappa shape index (κ3) is 5.21. The summed E-state index contributed by atoms with van der Waals surface area (Å²) in [5.41, 5.74) is 11.4. The summed E-state index contributed by atoms with van der Waals surface area (Å²) in [5.74, 6) is 1.79. The van der Waals surface area contributed by atoms with Gasteiger partial charge in [0, 0.05) is 35.8 Å². The Labute approximate surface area is 208 Å². The number of fused-ring (bicyclic) bond motifs is 1. The number of nitrogens with zero attached hydrogens (tertiary/aromatic N) is 3. The van der Waals surface area contributed by atoms with E-state index in [1.807, 2.05) is 29.2 Å². The Bertz CT molecular complexity index is 1160. The number of phenolic OH excluding ortho intramolecular Hbond substituents is 1. The van der Waals surface area contributed by atoms with Crippen LogP contribution in [0.25, 0.3) is 5.70 Å². The zero-order valence-corrected chi connectivity index (χ0v) is 21.2. The largest absolute Gasteiger partial charge is 0.508 e. The van der Waals surface area contributed by atoms with E-state index in [1.54, 1.807) is 6.20 Å². The van der Waals surface area contributed by atoms with Crippen molar-refractivity contribution in [1.82, 2.24) is 9.78 Å². The van der Waals surface area contributed by atoms with Crippen LogP contribution in [-0.4, -0.2) is 27.0 Å². The van der Waals surface area contributed by atoms with E-state index in [0.717, 1.165) is 61.4 Å². The zero-order valence-electron chi connectivity index (χ0n) is 21.2. The van der Waals surface area contributed by atoms with Crippen molar-refractivity contribution >= 4 is 17.8 Å². The molecule has 0 bridgehead atoms. The van der Waals surface area contributed by atoms with Crippen molar-refractivity contribution in [1.29, 1.82) is 0 Å². The molecule has 35 heavy (non-hydrogen) atoms. The summed E-state index contributed by atoms with van der Waals surface area (Å²) < 4.78 is 1.86. The minimum absolute atomic E-state index is 0.144. The number of allylic oxidation sites excluding steroid dienone is 1. The van der Waals surface area contributed by atoms with Crippen LogP contribution in [0.15, 0.2) is 35.6 Å². The normalized spacial score (nSPS) is 24.9. The molecular weight excluding hydrogens is 436 g/mol. The lowest BCUT2D eigenvalue weighted by molar-refractivity contribution is 0.100. The molecule has 0 radical (unpaired) electrons. The number of rotatable bonds is 5. The summed E-state index contributed by atoms with van der Waals surface area (Å²) in [6.07, 6.45) is 14.7. The number of aromatic hydroxyl groups is 1. The highest BCUT2D eigenvalue weighted by Gasteiger charge is 2.33. The van der Waals surface area contributed by atoms with E-state index in [-0.39, 0.29) is 23.2 Å². The summed E-state index contributed by atoms with van der Waals surface area (Å²) >= 11 is 0. The molecule has 1 heterocycles. The number of aromatic nitrogens is 2. The van der Waals surface area contributed by atoms with Gasteiger partial charge in [-0.2, -0.15) is 5.10 Å². The average Bonchev–Trinajstić information content (AvgIpc) is 3.51. The third-order valence-corrected chi connectivity index (χ3v) is 8.14. The number of benzene rings is 1. The Morgan fingerprint density at radius 1 is 1.20 bits per heavy atom. The summed E-state index contributed by atoms with van der Waals surface area (Å²) in [5, 5.41) is 15.1. The van der Waals surface area contributed by atoms with Crippen molar-refractivity contribution in [2.75, 3.05) is 0 Å². The number of aliphatic imine (C=N–C) groups is 1. The summed E-state index contributed by atoms with van der Waals surface area (Å²) in [6.45, 7) is 7.65. The fourth-order valence-corrected chi connectivity index (χ4v) is 5.67. The number of carbonyl (C=O) groups is 1. The molecule has 5 rings (SSSR count). The maximum Gasteiger partial charge on any atom is 0.279 e. The second kappa shape index (κ2) is 9.29. The van der Waals surface area contributed by atoms with Gasteiger partial charge in [-0.1, -0.05) is 32.9 Å². The van der Waals surface area contributed by atoms with Crippen molar-refractivity contribution in [2.45, 2.75) is 78.2 Å². The third-order valence-electron chi connectivity index (χ3n) is 8.14. The molecule has 1 amide bonds. The molecule has 2 saturated carbocycles. The molecule has 2 fully saturated rings. The Hall–Kier alpha value is -2.89. The van der Waals surface area contributed by atoms with Crippen LogP contribution in [0.5, 0.6) is 5.75 Å². The van der Waals surface area contributed by atoms with Gasteiger partial charge in [0.15, 0.2) is 0 Å². The van der Waals surface area contributed by atoms with E-state index in [0.29, 0.717) is 17.2 Å². The Morgan fingerprint density at radius 2 is 1.94 bits per heavy atom. The molecule has 0 aliphatic heterocycles. The van der Waals surface area contributed by atoms with Crippen molar-refractivity contribution < 1.29 is 9.90 Å². The molecule has 2 aromatic rings. The van der Waals surface area contributed by atoms with Crippen LogP contribution in [0, 0.1) is 23.2 Å². The zero-order chi connectivity index (χ0) is 24.7. The van der Waals surface area contributed by atoms with Crippen molar-refractivity contribution in [3.8, 4) is 5.75 Å². The molecule has 1 aromatic heterocycles. The minimum atomic E-state index is -0.213. The summed E-state index contributed by atoms with van der Waals surface area (Å²) in [4.78, 5) is 16.8. The van der Waals surface area contributed by atoms with Crippen LogP contribution in [0.2, 0.25) is 0 Å². The maximum atomic E-state index is 12.5. The molecule has 3 aliphatic carbocycles. The van der Waals surface area contributed by atoms with Gasteiger partial charge in [-0.3, -0.25) is 9.48 Å². The van der Waals surface area contributed by atoms with Gasteiger partial charge in [0.05, 0.1) is 11.8 Å². The molecule has 6 nitrogen and oxygen atoms in total. The SMILES string of the molecule is CC(C)(C)[C@H]1C=C(N)c2c(ccc(O)c2C2CCC(C=NC(=O)c3cnn(CC4CC4)c3)CC2)C1. The molecule has 1 atom stereocenters. The Balaban J connectivity index is 1.24. The van der Waals surface area contributed by atoms with Crippen LogP contribution in [-0.2, 0) is 13.0 Å². The predicted molar refractivity (Wildman–Crippen MR) is 139 cm³/mol. The minimum Gasteiger partial charge on any atom is -0.508 e. The first-order valence-electron chi connectivity index (χ1n) is 13.1. The lowest BCUT2D eigenvalue weighted by Gasteiger charge is -2.35. The van der Waals surface area contributed by atoms with Crippen LogP contribution in [0.3, 0.4) is 0 Å². The van der Waals surface area contributed by atoms with Gasteiger partial charge in [0.1, 0.15) is 5.75 Å². The second-order valence-electron chi connectivity index (χ2n) is 11.9. The van der Waals surface area contributed by atoms with Gasteiger partial charge in [-0.05, 0) is 85.7 Å². The Kier molecular flexibility index (Phi) is 6.32. The first kappa shape index (κ1) is 23.8. The highest BCUT2D eigenvalue weighted by atomic mass is 16.3. The molecule has 0 saturated heterocycles. The Morgan fingerprint density at radius 3 is 2.63 bits per heavy atom. The first-order valence-corrected chi connectivity index (χ1v) is 13.1. The van der Waals surface area contributed by atoms with Gasteiger partial charge < -0.3 is 10.8 Å². The molecule has 0 spiro atoms. The van der Waals surface area contributed by atoms with Gasteiger partial charge >= 0.3 is 0 Å². The maximum absolute atomic E-state index is 12.5. The highest BCUT2D eigenvalue weighted by Crippen LogP contribution is 2.46. The number of phenols is 1. The molecule has 1 aromatic carbocycles. The highest BCUT2D eigenvalue weighted by molar-refractivity contribution is 5.98. The van der Waals surface area contributed by atoms with E-state index in [2.05, 4.69) is 36.9 Å². The fourth-order valence-electron chi connectivity index (χ4n) is 5.67. The number of hydrogen-bond donors (Lipinski definition) is 2. The monoisotopic (exact) mass is 474 g/mol. The van der Waals surface area contributed by atoms with Crippen LogP contribution >= 0.6 is 0 Å². The van der Waals surface area contributed by atoms with Gasteiger partial charge in [0.2, 0.25) is 0 Å². The number of hydrogen-bond acceptors (Lipinski definition) is 4. The van der Waals surface area contributed by atoms with E-state index in [1.165, 1.54) is 18.4 Å². The smallest absolute Gasteiger partial charge is 0.279 e. The number of nitrogens with two attached hydrogens (primary N) is 1. The molecule has 186 valence electrons. The van der Waals surface area contributed by atoms with E-state index >= 15 is 0 Å². The first-order chi connectivity index (χ1) is 16.7. The van der Waals surface area contributed by atoms with E-state index in [9.17, 15) is 9.90 Å². The van der Waals surface area contributed by atoms with Crippen LogP contribution < -0.4 is 5.73 Å². The van der Waals surface area contributed by atoms with Gasteiger partial charge in [-0.25, -0.2) is 4.99 Å². The predicted octanol–water partition coefficient (Wildman–Crippen LogP) is 5.70. The van der Waals surface area contributed by atoms with E-state index in [4.69, 9.17) is 5.73 Å². The molecular formula is C29H38N4O2. The number of amides is 1. The van der Waals surface area contributed by atoms with Crippen LogP contribution in [0.1, 0.15) is 92.3 Å². The quantitative estimate of drug-likeness (QED) is 0.544. The lowest BCUT2D eigenvalue weighted by atomic mass is 9.70. The van der Waals surface area contributed by atoms with Gasteiger partial charge in [0.25, 0.3) is 5.91 Å². The fraction of sp³-hybridized carbons (Fsp3) is 0.552. The lowest BCUT2D eigenvalue weighted by Crippen LogP contribution is -2.27. The average molecular weight is 475 g/mol. The summed E-state index contributed by atoms with van der Waals surface area (Å²) in [7, 11) is 0. The second-order valence-corrected chi connectivity index (χ2v) is 11.9. The molecule has 3 N–H and O–H groups in total. The standard InChI is InChI=1S/C29H38N4O2/c1-29(2,3)23-12-21-10-11-25(34)27(26(21)24(30)13-23)20-8-6-18(7-9-20)14-31-28(35)22-15-32-33(17-22)16-19-4-5-19/h10-11,13-15,17-20,23,34H,4-9,12,16,30H2,1-3H3/t18?,20?,23-/m1/s1. The van der Waals surface area contributed by atoms with Crippen molar-refractivity contribution in [3.05, 3.63) is 52.9 Å². The van der Waals surface area contributed by atoms with Crippen molar-refractivity contribution in [2.24, 2.45) is 33.9 Å². The molecule has 3 aliphatic rings. The summed E-state index contributed by atoms with van der Waals surface area (Å²) in [6, 6.07) is 3.89. The molecule has 6 heteroatoms.